The van der Waals surface area contributed by atoms with Crippen molar-refractivity contribution >= 4 is 33.7 Å². The van der Waals surface area contributed by atoms with Crippen LogP contribution in [0.25, 0.3) is 67.1 Å². The highest BCUT2D eigenvalue weighted by atomic mass is 14.4. The average Bonchev–Trinajstić information content (AvgIpc) is 3.55. The molecule has 2 aliphatic rings. The lowest BCUT2D eigenvalue weighted by Gasteiger charge is -2.23. The highest BCUT2D eigenvalue weighted by Gasteiger charge is 2.38. The van der Waals surface area contributed by atoms with Crippen LogP contribution in [-0.4, -0.2) is 0 Å². The quantitative estimate of drug-likeness (QED) is 0.175. The Morgan fingerprint density at radius 2 is 0.981 bits per heavy atom. The minimum Gasteiger partial charge on any atom is -0.0984 e. The second kappa shape index (κ2) is 13.6. The number of benzene rings is 7. The molecule has 7 aromatic carbocycles. The van der Waals surface area contributed by atoms with Crippen LogP contribution in [0.3, 0.4) is 0 Å². The zero-order chi connectivity index (χ0) is 36.8. The summed E-state index contributed by atoms with van der Waals surface area (Å²) in [5.41, 5.74) is 17.8. The smallest absolute Gasteiger partial charge is 0.0159 e. The fourth-order valence-electron chi connectivity index (χ4n) is 8.87. The molecular weight excluding hydrogens is 625 g/mol. The summed E-state index contributed by atoms with van der Waals surface area (Å²) in [5.74, 6) is 0. The Morgan fingerprint density at radius 3 is 1.62 bits per heavy atom. The molecule has 0 fully saturated rings. The van der Waals surface area contributed by atoms with E-state index in [0.29, 0.717) is 0 Å². The van der Waals surface area contributed by atoms with Crippen molar-refractivity contribution in [1.82, 2.24) is 0 Å². The van der Waals surface area contributed by atoms with E-state index >= 15 is 0 Å². The molecule has 258 valence electrons. The van der Waals surface area contributed by atoms with Crippen LogP contribution in [-0.2, 0) is 10.8 Å². The van der Waals surface area contributed by atoms with Crippen molar-refractivity contribution < 1.29 is 0 Å². The maximum absolute atomic E-state index is 4.08. The molecule has 0 N–H and O–H groups in total. The summed E-state index contributed by atoms with van der Waals surface area (Å²) in [4.78, 5) is 0. The summed E-state index contributed by atoms with van der Waals surface area (Å²) >= 11 is 0. The minimum absolute atomic E-state index is 0.00467. The van der Waals surface area contributed by atoms with Gasteiger partial charge < -0.3 is 0 Å². The van der Waals surface area contributed by atoms with E-state index in [1.165, 1.54) is 93.9 Å². The van der Waals surface area contributed by atoms with Gasteiger partial charge in [-0.25, -0.2) is 0 Å². The molecule has 0 atom stereocenters. The van der Waals surface area contributed by atoms with Gasteiger partial charge >= 0.3 is 0 Å². The van der Waals surface area contributed by atoms with Gasteiger partial charge in [0, 0.05) is 10.8 Å². The third kappa shape index (κ3) is 5.36. The van der Waals surface area contributed by atoms with E-state index in [9.17, 15) is 0 Å². The molecule has 0 unspecified atom stereocenters. The summed E-state index contributed by atoms with van der Waals surface area (Å²) in [5, 5.41) is 5.28. The van der Waals surface area contributed by atoms with Crippen molar-refractivity contribution in [3.05, 3.63) is 179 Å². The summed E-state index contributed by atoms with van der Waals surface area (Å²) in [6, 6.07) is 46.8. The van der Waals surface area contributed by atoms with Crippen molar-refractivity contribution in [3.63, 3.8) is 0 Å². The lowest BCUT2D eigenvalue weighted by Crippen LogP contribution is -2.15. The van der Waals surface area contributed by atoms with E-state index in [2.05, 4.69) is 188 Å². The van der Waals surface area contributed by atoms with Gasteiger partial charge in [-0.2, -0.15) is 0 Å². The third-order valence-electron chi connectivity index (χ3n) is 11.4. The Labute approximate surface area is 311 Å². The highest BCUT2D eigenvalue weighted by molar-refractivity contribution is 6.12. The largest absolute Gasteiger partial charge is 0.0984 e. The highest BCUT2D eigenvalue weighted by Crippen LogP contribution is 2.54. The van der Waals surface area contributed by atoms with Gasteiger partial charge in [-0.05, 0) is 114 Å². The zero-order valence-electron chi connectivity index (χ0n) is 32.1. The van der Waals surface area contributed by atoms with Crippen molar-refractivity contribution in [2.75, 3.05) is 0 Å². The van der Waals surface area contributed by atoms with E-state index in [-0.39, 0.29) is 10.8 Å². The fraction of sp³-hybridized carbons (Fsp3) is 0.192. The van der Waals surface area contributed by atoms with Gasteiger partial charge in [0.1, 0.15) is 0 Å². The SMILES string of the molecule is C=Cc1c(/C=C\C)c(C)cc2c1-c1ccccc1C2(C)C.CC.CC1(C)c2ccccc2-c2c1cc(-c1cccc3ccccc13)c1ccccc21. The maximum Gasteiger partial charge on any atom is 0.0159 e. The van der Waals surface area contributed by atoms with E-state index in [1.54, 1.807) is 0 Å². The van der Waals surface area contributed by atoms with Gasteiger partial charge in [-0.1, -0.05) is 188 Å². The van der Waals surface area contributed by atoms with Gasteiger partial charge in [0.25, 0.3) is 0 Å². The van der Waals surface area contributed by atoms with Crippen LogP contribution in [0.15, 0.2) is 140 Å². The van der Waals surface area contributed by atoms with Crippen LogP contribution < -0.4 is 0 Å². The number of hydrogen-bond donors (Lipinski definition) is 0. The standard InChI is InChI=1S/C29H22.C21H22.C2H6/c1-29(2)26-17-8-7-15-24(26)28-23-14-6-5-13-22(23)25(18-27(28)29)21-16-9-11-19-10-3-4-12-20(19)21;1-6-10-16-14(3)13-19-20(15(16)7-2)17-11-8-9-12-18(17)21(19,4)5;1-2/h3-18H,1-2H3;6-13H,2H2,1,3-5H3;1-2H3/b;10-6-;. The predicted octanol–water partition coefficient (Wildman–Crippen LogP) is 15.0. The fourth-order valence-corrected chi connectivity index (χ4v) is 8.87. The first-order valence-corrected chi connectivity index (χ1v) is 18.9. The van der Waals surface area contributed by atoms with Crippen molar-refractivity contribution in [2.45, 2.75) is 66.2 Å². The number of allylic oxidation sites excluding steroid dienone is 1. The molecule has 0 amide bonds. The molecule has 0 nitrogen and oxygen atoms in total. The van der Waals surface area contributed by atoms with Gasteiger partial charge in [0.2, 0.25) is 0 Å². The Morgan fingerprint density at radius 1 is 0.481 bits per heavy atom. The Hall–Kier alpha value is -5.46. The monoisotopic (exact) mass is 674 g/mol. The molecule has 0 saturated carbocycles. The minimum atomic E-state index is -0.00467. The Kier molecular flexibility index (Phi) is 9.14. The molecule has 0 heterocycles. The molecule has 0 aliphatic heterocycles. The second-order valence-corrected chi connectivity index (χ2v) is 14.9. The van der Waals surface area contributed by atoms with Crippen LogP contribution in [0, 0.1) is 6.92 Å². The van der Waals surface area contributed by atoms with Crippen LogP contribution >= 0.6 is 0 Å². The molecule has 52 heavy (non-hydrogen) atoms. The van der Waals surface area contributed by atoms with Gasteiger partial charge in [0.05, 0.1) is 0 Å². The van der Waals surface area contributed by atoms with Gasteiger partial charge in [0.15, 0.2) is 0 Å². The number of aryl methyl sites for hydroxylation is 1. The molecular formula is C52H50. The number of fused-ring (bicyclic) bond motifs is 9. The summed E-state index contributed by atoms with van der Waals surface area (Å²) in [7, 11) is 0. The molecule has 0 spiro atoms. The van der Waals surface area contributed by atoms with E-state index in [1.807, 2.05) is 19.9 Å². The lowest BCUT2D eigenvalue weighted by atomic mass is 9.80. The normalized spacial score (nSPS) is 14.1. The predicted molar refractivity (Wildman–Crippen MR) is 229 cm³/mol. The first-order valence-electron chi connectivity index (χ1n) is 18.9. The molecule has 0 heteroatoms. The second-order valence-electron chi connectivity index (χ2n) is 14.9. The summed E-state index contributed by atoms with van der Waals surface area (Å²) < 4.78 is 0. The topological polar surface area (TPSA) is 0 Å². The molecule has 0 radical (unpaired) electrons. The molecule has 2 aliphatic carbocycles. The average molecular weight is 675 g/mol. The van der Waals surface area contributed by atoms with Crippen LogP contribution in [0.2, 0.25) is 0 Å². The first kappa shape index (κ1) is 35.0. The van der Waals surface area contributed by atoms with Crippen LogP contribution in [0.5, 0.6) is 0 Å². The van der Waals surface area contributed by atoms with Crippen molar-refractivity contribution in [3.8, 4) is 33.4 Å². The third-order valence-corrected chi connectivity index (χ3v) is 11.4. The molecule has 0 bridgehead atoms. The van der Waals surface area contributed by atoms with E-state index in [4.69, 9.17) is 0 Å². The van der Waals surface area contributed by atoms with Crippen LogP contribution in [0.4, 0.5) is 0 Å². The molecule has 7 aromatic rings. The lowest BCUT2D eigenvalue weighted by molar-refractivity contribution is 0.659. The van der Waals surface area contributed by atoms with E-state index in [0.717, 1.165) is 0 Å². The Balaban J connectivity index is 0.000000162. The zero-order valence-corrected chi connectivity index (χ0v) is 32.1. The number of hydrogen-bond acceptors (Lipinski definition) is 0. The van der Waals surface area contributed by atoms with Gasteiger partial charge in [-0.15, -0.1) is 0 Å². The Bertz CT molecular complexity index is 2510. The van der Waals surface area contributed by atoms with Crippen molar-refractivity contribution in [2.24, 2.45) is 0 Å². The van der Waals surface area contributed by atoms with Crippen molar-refractivity contribution in [1.29, 1.82) is 0 Å². The number of rotatable bonds is 3. The summed E-state index contributed by atoms with van der Waals surface area (Å²) in [6.45, 7) is 21.7. The van der Waals surface area contributed by atoms with Gasteiger partial charge in [-0.3, -0.25) is 0 Å². The molecule has 9 rings (SSSR count). The molecule has 0 aromatic heterocycles. The first-order chi connectivity index (χ1) is 25.2. The summed E-state index contributed by atoms with van der Waals surface area (Å²) in [6.07, 6.45) is 6.31. The molecule has 0 saturated heterocycles. The van der Waals surface area contributed by atoms with E-state index < -0.39 is 0 Å². The van der Waals surface area contributed by atoms with Crippen LogP contribution in [0.1, 0.15) is 87.4 Å². The maximum atomic E-state index is 4.08.